The van der Waals surface area contributed by atoms with Crippen molar-refractivity contribution in [1.29, 1.82) is 0 Å². The number of nitrogens with zero attached hydrogens (tertiary/aromatic N) is 2. The lowest BCUT2D eigenvalue weighted by atomic mass is 10.1. The number of amides is 3. The molecule has 2 aliphatic rings. The number of carbonyl (C=O) groups is 2. The Labute approximate surface area is 124 Å². The minimum atomic E-state index is -0.293. The smallest absolute Gasteiger partial charge is 0.324 e. The Hall–Kier alpha value is -2.08. The summed E-state index contributed by atoms with van der Waals surface area (Å²) in [4.78, 5) is 27.0. The first-order valence-electron chi connectivity index (χ1n) is 7.36. The molecule has 2 aliphatic heterocycles. The van der Waals surface area contributed by atoms with Crippen LogP contribution in [0.3, 0.4) is 0 Å². The second-order valence-electron chi connectivity index (χ2n) is 5.43. The van der Waals surface area contributed by atoms with E-state index in [-0.39, 0.29) is 11.9 Å². The summed E-state index contributed by atoms with van der Waals surface area (Å²) in [5, 5.41) is 5.70. The van der Waals surface area contributed by atoms with Crippen LogP contribution in [0, 0.1) is 0 Å². The van der Waals surface area contributed by atoms with Gasteiger partial charge in [-0.25, -0.2) is 4.79 Å². The first kappa shape index (κ1) is 13.9. The molecule has 0 unspecified atom stereocenters. The number of piperazine rings is 1. The van der Waals surface area contributed by atoms with Crippen molar-refractivity contribution in [2.24, 2.45) is 0 Å². The van der Waals surface area contributed by atoms with Gasteiger partial charge in [0.2, 0.25) is 5.91 Å². The lowest BCUT2D eigenvalue weighted by Gasteiger charge is -2.30. The summed E-state index contributed by atoms with van der Waals surface area (Å²) >= 11 is 0. The highest BCUT2D eigenvalue weighted by molar-refractivity contribution is 5.96. The van der Waals surface area contributed by atoms with Crippen LogP contribution in [-0.2, 0) is 11.3 Å². The molecular formula is C15H20N4O2. The van der Waals surface area contributed by atoms with E-state index < -0.39 is 0 Å². The fourth-order valence-corrected chi connectivity index (χ4v) is 2.74. The molecule has 112 valence electrons. The van der Waals surface area contributed by atoms with Crippen molar-refractivity contribution in [3.63, 3.8) is 0 Å². The lowest BCUT2D eigenvalue weighted by Crippen LogP contribution is -2.48. The van der Waals surface area contributed by atoms with Crippen LogP contribution < -0.4 is 15.5 Å². The quantitative estimate of drug-likeness (QED) is 0.852. The number of hydrogen-bond donors (Lipinski definition) is 2. The zero-order valence-electron chi connectivity index (χ0n) is 12.0. The van der Waals surface area contributed by atoms with Crippen molar-refractivity contribution < 1.29 is 9.59 Å². The Morgan fingerprint density at radius 2 is 1.90 bits per heavy atom. The number of rotatable bonds is 3. The van der Waals surface area contributed by atoms with Crippen molar-refractivity contribution >= 4 is 17.6 Å². The van der Waals surface area contributed by atoms with Crippen molar-refractivity contribution in [2.45, 2.75) is 13.0 Å². The highest BCUT2D eigenvalue weighted by Gasteiger charge is 2.23. The van der Waals surface area contributed by atoms with E-state index in [1.165, 1.54) is 5.69 Å². The number of nitrogens with one attached hydrogen (secondary N) is 2. The van der Waals surface area contributed by atoms with E-state index in [1.54, 1.807) is 4.90 Å². The zero-order valence-corrected chi connectivity index (χ0v) is 12.0. The predicted molar refractivity (Wildman–Crippen MR) is 80.1 cm³/mol. The average molecular weight is 288 g/mol. The maximum absolute atomic E-state index is 11.8. The Balaban J connectivity index is 1.68. The fraction of sp³-hybridized carbons (Fsp3) is 0.467. The summed E-state index contributed by atoms with van der Waals surface area (Å²) in [7, 11) is 0. The molecule has 6 nitrogen and oxygen atoms in total. The molecule has 1 aromatic carbocycles. The topological polar surface area (TPSA) is 64.7 Å². The third-order valence-electron chi connectivity index (χ3n) is 3.91. The Morgan fingerprint density at radius 3 is 2.67 bits per heavy atom. The van der Waals surface area contributed by atoms with Crippen LogP contribution in [0.2, 0.25) is 0 Å². The van der Waals surface area contributed by atoms with Gasteiger partial charge >= 0.3 is 6.03 Å². The Morgan fingerprint density at radius 1 is 1.10 bits per heavy atom. The van der Waals surface area contributed by atoms with Gasteiger partial charge < -0.3 is 15.1 Å². The van der Waals surface area contributed by atoms with Gasteiger partial charge in [0.25, 0.3) is 0 Å². The van der Waals surface area contributed by atoms with E-state index in [1.807, 2.05) is 12.1 Å². The van der Waals surface area contributed by atoms with E-state index in [4.69, 9.17) is 0 Å². The molecule has 2 fully saturated rings. The molecule has 21 heavy (non-hydrogen) atoms. The van der Waals surface area contributed by atoms with Crippen molar-refractivity contribution in [3.8, 4) is 0 Å². The first-order chi connectivity index (χ1) is 10.2. The normalized spacial score (nSPS) is 19.6. The maximum Gasteiger partial charge on any atom is 0.324 e. The second-order valence-corrected chi connectivity index (χ2v) is 5.43. The SMILES string of the molecule is O=C1CCN(Cc2cccc(N3CCNCC3)c2)C(=O)N1. The number of hydrogen-bond acceptors (Lipinski definition) is 4. The molecule has 0 spiro atoms. The van der Waals surface area contributed by atoms with E-state index in [2.05, 4.69) is 27.7 Å². The van der Waals surface area contributed by atoms with Crippen LogP contribution in [0.1, 0.15) is 12.0 Å². The van der Waals surface area contributed by atoms with Gasteiger partial charge in [-0.15, -0.1) is 0 Å². The van der Waals surface area contributed by atoms with E-state index >= 15 is 0 Å². The maximum atomic E-state index is 11.8. The van der Waals surface area contributed by atoms with Gasteiger partial charge in [0.15, 0.2) is 0 Å². The van der Waals surface area contributed by atoms with Crippen molar-refractivity contribution in [1.82, 2.24) is 15.5 Å². The molecule has 0 radical (unpaired) electrons. The number of anilines is 1. The molecule has 1 aromatic rings. The summed E-state index contributed by atoms with van der Waals surface area (Å²) in [6, 6.07) is 8.00. The average Bonchev–Trinajstić information content (AvgIpc) is 2.51. The highest BCUT2D eigenvalue weighted by Crippen LogP contribution is 2.18. The predicted octanol–water partition coefficient (Wildman–Crippen LogP) is 0.538. The molecule has 2 saturated heterocycles. The molecule has 0 bridgehead atoms. The second kappa shape index (κ2) is 6.13. The summed E-state index contributed by atoms with van der Waals surface area (Å²) in [5.74, 6) is -0.189. The van der Waals surface area contributed by atoms with Gasteiger partial charge in [-0.1, -0.05) is 12.1 Å². The summed E-state index contributed by atoms with van der Waals surface area (Å²) < 4.78 is 0. The van der Waals surface area contributed by atoms with Gasteiger partial charge in [0, 0.05) is 51.4 Å². The van der Waals surface area contributed by atoms with Crippen molar-refractivity contribution in [2.75, 3.05) is 37.6 Å². The molecule has 3 rings (SSSR count). The summed E-state index contributed by atoms with van der Waals surface area (Å²) in [5.41, 5.74) is 2.29. The van der Waals surface area contributed by atoms with E-state index in [0.29, 0.717) is 19.5 Å². The molecule has 0 aromatic heterocycles. The Kier molecular flexibility index (Phi) is 4.06. The van der Waals surface area contributed by atoms with Crippen LogP contribution in [-0.4, -0.2) is 49.6 Å². The summed E-state index contributed by atoms with van der Waals surface area (Å²) in [6.07, 6.45) is 0.378. The molecule has 0 saturated carbocycles. The Bertz CT molecular complexity index is 540. The van der Waals surface area contributed by atoms with Gasteiger partial charge in [-0.05, 0) is 17.7 Å². The van der Waals surface area contributed by atoms with Gasteiger partial charge in [0.1, 0.15) is 0 Å². The molecular weight excluding hydrogens is 268 g/mol. The zero-order chi connectivity index (χ0) is 14.7. The number of urea groups is 1. The molecule has 3 amide bonds. The minimum Gasteiger partial charge on any atom is -0.369 e. The molecule has 2 N–H and O–H groups in total. The van der Waals surface area contributed by atoms with Crippen LogP contribution in [0.5, 0.6) is 0 Å². The molecule has 0 atom stereocenters. The van der Waals surface area contributed by atoms with Gasteiger partial charge in [0.05, 0.1) is 0 Å². The summed E-state index contributed by atoms with van der Waals surface area (Å²) in [6.45, 7) is 5.04. The highest BCUT2D eigenvalue weighted by atomic mass is 16.2. The van der Waals surface area contributed by atoms with Gasteiger partial charge in [-0.2, -0.15) is 0 Å². The first-order valence-corrected chi connectivity index (χ1v) is 7.36. The van der Waals surface area contributed by atoms with Crippen LogP contribution in [0.4, 0.5) is 10.5 Å². The standard InChI is InChI=1S/C15H20N4O2/c20-14-4-7-19(15(21)17-14)11-12-2-1-3-13(10-12)18-8-5-16-6-9-18/h1-3,10,16H,4-9,11H2,(H,17,20,21). The lowest BCUT2D eigenvalue weighted by molar-refractivity contribution is -0.121. The monoisotopic (exact) mass is 288 g/mol. The number of imide groups is 1. The molecule has 6 heteroatoms. The van der Waals surface area contributed by atoms with Crippen LogP contribution in [0.25, 0.3) is 0 Å². The number of carbonyl (C=O) groups excluding carboxylic acids is 2. The minimum absolute atomic E-state index is 0.189. The third kappa shape index (κ3) is 3.33. The van der Waals surface area contributed by atoms with E-state index in [0.717, 1.165) is 31.7 Å². The van der Waals surface area contributed by atoms with Gasteiger partial charge in [-0.3, -0.25) is 10.1 Å². The van der Waals surface area contributed by atoms with Crippen molar-refractivity contribution in [3.05, 3.63) is 29.8 Å². The number of benzene rings is 1. The van der Waals surface area contributed by atoms with Crippen LogP contribution in [0.15, 0.2) is 24.3 Å². The molecule has 0 aliphatic carbocycles. The third-order valence-corrected chi connectivity index (χ3v) is 3.91. The molecule has 2 heterocycles. The fourth-order valence-electron chi connectivity index (χ4n) is 2.74. The van der Waals surface area contributed by atoms with E-state index in [9.17, 15) is 9.59 Å². The largest absolute Gasteiger partial charge is 0.369 e. The van der Waals surface area contributed by atoms with Crippen LogP contribution >= 0.6 is 0 Å².